The molecule has 0 bridgehead atoms. The molecule has 7 nitrogen and oxygen atoms in total. The number of carbonyl (C=O) groups is 2. The van der Waals surface area contributed by atoms with Gasteiger partial charge >= 0.3 is 0 Å². The molecule has 0 heterocycles. The highest BCUT2D eigenvalue weighted by molar-refractivity contribution is 7.92. The number of anilines is 1. The second kappa shape index (κ2) is 14.8. The Morgan fingerprint density at radius 1 is 0.837 bits per heavy atom. The number of halogens is 1. The molecule has 224 valence electrons. The van der Waals surface area contributed by atoms with Gasteiger partial charge in [0.1, 0.15) is 12.6 Å². The van der Waals surface area contributed by atoms with Crippen LogP contribution in [0.4, 0.5) is 5.69 Å². The summed E-state index contributed by atoms with van der Waals surface area (Å²) in [6.07, 6.45) is 0.960. The molecule has 4 aromatic carbocycles. The van der Waals surface area contributed by atoms with Crippen molar-refractivity contribution in [2.75, 3.05) is 17.4 Å². The highest BCUT2D eigenvalue weighted by Crippen LogP contribution is 2.26. The maximum atomic E-state index is 14.4. The van der Waals surface area contributed by atoms with Gasteiger partial charge in [0.05, 0.1) is 10.6 Å². The van der Waals surface area contributed by atoms with Crippen molar-refractivity contribution in [3.8, 4) is 0 Å². The van der Waals surface area contributed by atoms with Crippen LogP contribution in [0.5, 0.6) is 0 Å². The summed E-state index contributed by atoms with van der Waals surface area (Å²) in [4.78, 5) is 29.6. The molecule has 0 radical (unpaired) electrons. The summed E-state index contributed by atoms with van der Waals surface area (Å²) in [6.45, 7) is 3.76. The second-order valence-electron chi connectivity index (χ2n) is 10.3. The minimum Gasteiger partial charge on any atom is -0.354 e. The third-order valence-electron chi connectivity index (χ3n) is 7.05. The zero-order chi connectivity index (χ0) is 30.8. The van der Waals surface area contributed by atoms with E-state index in [4.69, 9.17) is 11.6 Å². The fourth-order valence-corrected chi connectivity index (χ4v) is 6.30. The Labute approximate surface area is 259 Å². The summed E-state index contributed by atoms with van der Waals surface area (Å²) in [7, 11) is -4.14. The van der Waals surface area contributed by atoms with E-state index in [-0.39, 0.29) is 23.8 Å². The molecular weight excluding hydrogens is 582 g/mol. The Morgan fingerprint density at radius 2 is 1.44 bits per heavy atom. The van der Waals surface area contributed by atoms with Gasteiger partial charge in [0.2, 0.25) is 11.8 Å². The molecule has 1 N–H and O–H groups in total. The number of carbonyl (C=O) groups excluding carboxylic acids is 2. The lowest BCUT2D eigenvalue weighted by atomic mass is 10.0. The number of hydrogen-bond donors (Lipinski definition) is 1. The molecule has 0 spiro atoms. The molecule has 1 unspecified atom stereocenters. The number of sulfonamides is 1. The Kier molecular flexibility index (Phi) is 11.0. The number of amides is 2. The predicted molar refractivity (Wildman–Crippen MR) is 171 cm³/mol. The number of nitrogens with one attached hydrogen (secondary N) is 1. The number of nitrogens with zero attached hydrogens (tertiary/aromatic N) is 2. The fraction of sp³-hybridized carbons (Fsp3) is 0.235. The molecular formula is C34H36ClN3O4S. The summed E-state index contributed by atoms with van der Waals surface area (Å²) >= 11 is 6.52. The molecule has 4 rings (SSSR count). The van der Waals surface area contributed by atoms with Crippen LogP contribution in [0.1, 0.15) is 30.0 Å². The maximum absolute atomic E-state index is 14.4. The van der Waals surface area contributed by atoms with Gasteiger partial charge in [-0.1, -0.05) is 103 Å². The van der Waals surface area contributed by atoms with Crippen molar-refractivity contribution in [1.29, 1.82) is 0 Å². The summed E-state index contributed by atoms with van der Waals surface area (Å²) < 4.78 is 29.1. The van der Waals surface area contributed by atoms with E-state index in [0.29, 0.717) is 22.8 Å². The van der Waals surface area contributed by atoms with E-state index in [1.165, 1.54) is 17.0 Å². The normalized spacial score (nSPS) is 11.9. The summed E-state index contributed by atoms with van der Waals surface area (Å²) in [5, 5.41) is 3.38. The highest BCUT2D eigenvalue weighted by Gasteiger charge is 2.34. The molecule has 4 aromatic rings. The van der Waals surface area contributed by atoms with E-state index in [1.807, 2.05) is 50.2 Å². The van der Waals surface area contributed by atoms with Crippen molar-refractivity contribution < 1.29 is 18.0 Å². The number of para-hydroxylation sites is 1. The van der Waals surface area contributed by atoms with Crippen LogP contribution in [0.15, 0.2) is 114 Å². The van der Waals surface area contributed by atoms with Gasteiger partial charge in [0, 0.05) is 24.5 Å². The van der Waals surface area contributed by atoms with E-state index >= 15 is 0 Å². The van der Waals surface area contributed by atoms with E-state index < -0.39 is 28.5 Å². The summed E-state index contributed by atoms with van der Waals surface area (Å²) in [5.74, 6) is -0.856. The molecule has 0 saturated heterocycles. The van der Waals surface area contributed by atoms with Crippen LogP contribution in [0.25, 0.3) is 0 Å². The monoisotopic (exact) mass is 617 g/mol. The molecule has 0 fully saturated rings. The molecule has 0 aromatic heterocycles. The van der Waals surface area contributed by atoms with Crippen molar-refractivity contribution >= 4 is 39.1 Å². The van der Waals surface area contributed by atoms with Crippen molar-refractivity contribution in [1.82, 2.24) is 10.2 Å². The number of rotatable bonds is 13. The highest BCUT2D eigenvalue weighted by atomic mass is 35.5. The van der Waals surface area contributed by atoms with Crippen LogP contribution in [-0.4, -0.2) is 44.3 Å². The van der Waals surface area contributed by atoms with Crippen molar-refractivity contribution in [2.45, 2.75) is 44.2 Å². The third kappa shape index (κ3) is 8.24. The number of aryl methyl sites for hydroxylation is 1. The van der Waals surface area contributed by atoms with E-state index in [0.717, 1.165) is 21.9 Å². The first kappa shape index (κ1) is 31.8. The molecule has 2 amide bonds. The van der Waals surface area contributed by atoms with Crippen molar-refractivity contribution in [3.63, 3.8) is 0 Å². The summed E-state index contributed by atoms with van der Waals surface area (Å²) in [5.41, 5.74) is 2.76. The molecule has 0 saturated carbocycles. The third-order valence-corrected chi connectivity index (χ3v) is 9.21. The minimum atomic E-state index is -4.14. The lowest BCUT2D eigenvalue weighted by Gasteiger charge is -2.34. The zero-order valence-electron chi connectivity index (χ0n) is 24.3. The van der Waals surface area contributed by atoms with Crippen molar-refractivity contribution in [3.05, 3.63) is 131 Å². The minimum absolute atomic E-state index is 0.0166. The van der Waals surface area contributed by atoms with Gasteiger partial charge in [-0.25, -0.2) is 8.42 Å². The lowest BCUT2D eigenvalue weighted by Crippen LogP contribution is -2.53. The predicted octanol–water partition coefficient (Wildman–Crippen LogP) is 6.01. The SMILES string of the molecule is CCCNC(=O)C(Cc1ccccc1)N(Cc1ccccc1Cl)C(=O)CN(c1ccccc1)S(=O)(=O)c1ccc(C)cc1. The number of hydrogen-bond acceptors (Lipinski definition) is 4. The first-order valence-corrected chi connectivity index (χ1v) is 16.0. The average molecular weight is 618 g/mol. The van der Waals surface area contributed by atoms with Gasteiger partial charge in [-0.2, -0.15) is 0 Å². The van der Waals surface area contributed by atoms with Crippen LogP contribution < -0.4 is 9.62 Å². The first-order chi connectivity index (χ1) is 20.7. The topological polar surface area (TPSA) is 86.8 Å². The van der Waals surface area contributed by atoms with Crippen LogP contribution in [0.3, 0.4) is 0 Å². The van der Waals surface area contributed by atoms with Gasteiger partial charge in [0.15, 0.2) is 0 Å². The van der Waals surface area contributed by atoms with Crippen LogP contribution >= 0.6 is 11.6 Å². The van der Waals surface area contributed by atoms with Crippen LogP contribution in [0.2, 0.25) is 5.02 Å². The smallest absolute Gasteiger partial charge is 0.264 e. The van der Waals surface area contributed by atoms with Gasteiger partial charge in [0.25, 0.3) is 10.0 Å². The average Bonchev–Trinajstić information content (AvgIpc) is 3.02. The zero-order valence-corrected chi connectivity index (χ0v) is 25.9. The molecule has 0 aliphatic heterocycles. The van der Waals surface area contributed by atoms with Gasteiger partial charge in [-0.15, -0.1) is 0 Å². The van der Waals surface area contributed by atoms with Crippen LogP contribution in [-0.2, 0) is 32.6 Å². The first-order valence-electron chi connectivity index (χ1n) is 14.2. The molecule has 0 aliphatic carbocycles. The lowest BCUT2D eigenvalue weighted by molar-refractivity contribution is -0.140. The fourth-order valence-electron chi connectivity index (χ4n) is 4.69. The molecule has 9 heteroatoms. The second-order valence-corrected chi connectivity index (χ2v) is 12.5. The van der Waals surface area contributed by atoms with Crippen molar-refractivity contribution in [2.24, 2.45) is 0 Å². The van der Waals surface area contributed by atoms with E-state index in [1.54, 1.807) is 60.7 Å². The van der Waals surface area contributed by atoms with E-state index in [9.17, 15) is 18.0 Å². The van der Waals surface area contributed by atoms with Crippen LogP contribution in [0, 0.1) is 6.92 Å². The van der Waals surface area contributed by atoms with Gasteiger partial charge < -0.3 is 10.2 Å². The largest absolute Gasteiger partial charge is 0.354 e. The Bertz CT molecular complexity index is 1610. The summed E-state index contributed by atoms with van der Waals surface area (Å²) in [6, 6.07) is 30.6. The molecule has 1 atom stereocenters. The molecule has 0 aliphatic rings. The number of benzene rings is 4. The Morgan fingerprint density at radius 3 is 2.07 bits per heavy atom. The molecule has 43 heavy (non-hydrogen) atoms. The maximum Gasteiger partial charge on any atom is 0.264 e. The van der Waals surface area contributed by atoms with Gasteiger partial charge in [-0.05, 0) is 54.8 Å². The van der Waals surface area contributed by atoms with Gasteiger partial charge in [-0.3, -0.25) is 13.9 Å². The Balaban J connectivity index is 1.78. The Hall–Kier alpha value is -4.14. The van der Waals surface area contributed by atoms with E-state index in [2.05, 4.69) is 5.32 Å². The standard InChI is InChI=1S/C34H36ClN3O4S/c1-3-22-36-34(40)32(23-27-12-6-4-7-13-27)37(24-28-14-10-11-17-31(28)35)33(39)25-38(29-15-8-5-9-16-29)43(41,42)30-20-18-26(2)19-21-30/h4-21,32H,3,22-25H2,1-2H3,(H,36,40). The quantitative estimate of drug-likeness (QED) is 0.199.